The third-order valence-corrected chi connectivity index (χ3v) is 4.60. The molecule has 1 aliphatic heterocycles. The van der Waals surface area contributed by atoms with E-state index in [0.717, 1.165) is 19.4 Å². The van der Waals surface area contributed by atoms with E-state index in [2.05, 4.69) is 48.3 Å². The Hall–Kier alpha value is -1.35. The first-order valence-corrected chi connectivity index (χ1v) is 8.71. The molecule has 1 aromatic carbocycles. The average Bonchev–Trinajstić information content (AvgIpc) is 2.55. The van der Waals surface area contributed by atoms with Gasteiger partial charge in [-0.2, -0.15) is 0 Å². The van der Waals surface area contributed by atoms with Crippen LogP contribution in [0.4, 0.5) is 0 Å². The summed E-state index contributed by atoms with van der Waals surface area (Å²) in [5.41, 5.74) is 2.60. The molecule has 0 bridgehead atoms. The quantitative estimate of drug-likeness (QED) is 0.838. The zero-order chi connectivity index (χ0) is 15.8. The van der Waals surface area contributed by atoms with Gasteiger partial charge in [-0.15, -0.1) is 0 Å². The van der Waals surface area contributed by atoms with Crippen LogP contribution in [0.25, 0.3) is 0 Å². The lowest BCUT2D eigenvalue weighted by molar-refractivity contribution is -0.121. The van der Waals surface area contributed by atoms with Gasteiger partial charge in [-0.1, -0.05) is 36.2 Å². The first kappa shape index (κ1) is 17.0. The Morgan fingerprint density at radius 1 is 1.18 bits per heavy atom. The van der Waals surface area contributed by atoms with Crippen LogP contribution < -0.4 is 5.32 Å². The van der Waals surface area contributed by atoms with Gasteiger partial charge in [0.2, 0.25) is 5.91 Å². The maximum Gasteiger partial charge on any atom is 0.220 e. The van der Waals surface area contributed by atoms with Crippen LogP contribution in [0.2, 0.25) is 0 Å². The van der Waals surface area contributed by atoms with Crippen LogP contribution in [0.3, 0.4) is 0 Å². The van der Waals surface area contributed by atoms with Crippen LogP contribution in [0, 0.1) is 6.92 Å². The molecule has 1 unspecified atom stereocenters. The van der Waals surface area contributed by atoms with Crippen molar-refractivity contribution in [3.05, 3.63) is 35.4 Å². The minimum atomic E-state index is 0.191. The summed E-state index contributed by atoms with van der Waals surface area (Å²) in [5, 5.41) is 3.09. The number of likely N-dealkylation sites (tertiary alicyclic amines) is 1. The number of amides is 1. The van der Waals surface area contributed by atoms with Crippen molar-refractivity contribution in [1.29, 1.82) is 0 Å². The minimum Gasteiger partial charge on any atom is -0.355 e. The van der Waals surface area contributed by atoms with E-state index in [1.807, 2.05) is 0 Å². The average molecular weight is 302 g/mol. The molecule has 1 N–H and O–H groups in total. The molecule has 0 saturated carbocycles. The molecule has 0 aliphatic carbocycles. The van der Waals surface area contributed by atoms with Crippen LogP contribution >= 0.6 is 0 Å². The number of carbonyl (C=O) groups is 1. The molecule has 3 nitrogen and oxygen atoms in total. The molecule has 1 aliphatic rings. The highest BCUT2D eigenvalue weighted by Gasteiger charge is 2.16. The van der Waals surface area contributed by atoms with Gasteiger partial charge in [0.05, 0.1) is 0 Å². The highest BCUT2D eigenvalue weighted by molar-refractivity contribution is 5.75. The molecule has 1 atom stereocenters. The number of aryl methyl sites for hydroxylation is 2. The Morgan fingerprint density at radius 2 is 1.86 bits per heavy atom. The van der Waals surface area contributed by atoms with Gasteiger partial charge in [0, 0.05) is 19.0 Å². The molecule has 1 amide bonds. The lowest BCUT2D eigenvalue weighted by atomic mass is 10.1. The Kier molecular flexibility index (Phi) is 6.91. The largest absolute Gasteiger partial charge is 0.355 e. The van der Waals surface area contributed by atoms with E-state index in [1.54, 1.807) is 0 Å². The van der Waals surface area contributed by atoms with Crippen molar-refractivity contribution in [1.82, 2.24) is 10.2 Å². The fourth-order valence-corrected chi connectivity index (χ4v) is 3.05. The summed E-state index contributed by atoms with van der Waals surface area (Å²) in [4.78, 5) is 14.4. The number of nitrogens with one attached hydrogen (secondary N) is 1. The number of benzene rings is 1. The molecule has 0 radical (unpaired) electrons. The van der Waals surface area contributed by atoms with Crippen LogP contribution in [-0.2, 0) is 11.2 Å². The van der Waals surface area contributed by atoms with Gasteiger partial charge >= 0.3 is 0 Å². The zero-order valence-corrected chi connectivity index (χ0v) is 14.1. The molecule has 3 heteroatoms. The standard InChI is InChI=1S/C19H30N2O/c1-16-9-11-18(12-10-16)7-6-8-19(22)20-15-17(2)21-13-4-3-5-14-21/h9-12,17H,3-8,13-15H2,1-2H3,(H,20,22). The van der Waals surface area contributed by atoms with Gasteiger partial charge in [-0.25, -0.2) is 0 Å². The Morgan fingerprint density at radius 3 is 2.55 bits per heavy atom. The smallest absolute Gasteiger partial charge is 0.220 e. The topological polar surface area (TPSA) is 32.3 Å². The van der Waals surface area contributed by atoms with Crippen molar-refractivity contribution < 1.29 is 4.79 Å². The third kappa shape index (κ3) is 5.80. The summed E-state index contributed by atoms with van der Waals surface area (Å²) in [5.74, 6) is 0.191. The summed E-state index contributed by atoms with van der Waals surface area (Å²) in [7, 11) is 0. The molecule has 0 spiro atoms. The summed E-state index contributed by atoms with van der Waals surface area (Å²) >= 11 is 0. The number of rotatable bonds is 7. The molecule has 1 saturated heterocycles. The van der Waals surface area contributed by atoms with Crippen LogP contribution in [0.15, 0.2) is 24.3 Å². The molecule has 1 fully saturated rings. The SMILES string of the molecule is Cc1ccc(CCCC(=O)NCC(C)N2CCCCC2)cc1. The molecule has 122 valence electrons. The number of hydrogen-bond donors (Lipinski definition) is 1. The number of hydrogen-bond acceptors (Lipinski definition) is 2. The molecule has 22 heavy (non-hydrogen) atoms. The lowest BCUT2D eigenvalue weighted by Gasteiger charge is -2.32. The highest BCUT2D eigenvalue weighted by Crippen LogP contribution is 2.11. The summed E-state index contributed by atoms with van der Waals surface area (Å²) < 4.78 is 0. The van der Waals surface area contributed by atoms with Gasteiger partial charge in [-0.05, 0) is 58.2 Å². The van der Waals surface area contributed by atoms with Gasteiger partial charge in [0.25, 0.3) is 0 Å². The summed E-state index contributed by atoms with van der Waals surface area (Å²) in [6.07, 6.45) is 6.49. The Labute approximate surface area is 135 Å². The fourth-order valence-electron chi connectivity index (χ4n) is 3.05. The van der Waals surface area contributed by atoms with E-state index in [1.165, 1.54) is 43.5 Å². The second-order valence-electron chi connectivity index (χ2n) is 6.59. The van der Waals surface area contributed by atoms with E-state index in [-0.39, 0.29) is 5.91 Å². The summed E-state index contributed by atoms with van der Waals surface area (Å²) in [6, 6.07) is 9.05. The van der Waals surface area contributed by atoms with Crippen molar-refractivity contribution in [3.8, 4) is 0 Å². The molecule has 0 aromatic heterocycles. The highest BCUT2D eigenvalue weighted by atomic mass is 16.1. The second-order valence-corrected chi connectivity index (χ2v) is 6.59. The van der Waals surface area contributed by atoms with E-state index in [9.17, 15) is 4.79 Å². The first-order chi connectivity index (χ1) is 10.6. The lowest BCUT2D eigenvalue weighted by Crippen LogP contribution is -2.44. The first-order valence-electron chi connectivity index (χ1n) is 8.71. The van der Waals surface area contributed by atoms with Crippen molar-refractivity contribution in [2.45, 2.75) is 58.4 Å². The predicted octanol–water partition coefficient (Wildman–Crippen LogP) is 3.31. The molecule has 2 rings (SSSR count). The third-order valence-electron chi connectivity index (χ3n) is 4.60. The van der Waals surface area contributed by atoms with E-state index >= 15 is 0 Å². The summed E-state index contributed by atoms with van der Waals surface area (Å²) in [6.45, 7) is 7.47. The Bertz CT molecular complexity index is 449. The van der Waals surface area contributed by atoms with E-state index in [0.29, 0.717) is 12.5 Å². The fraction of sp³-hybridized carbons (Fsp3) is 0.632. The van der Waals surface area contributed by atoms with E-state index < -0.39 is 0 Å². The van der Waals surface area contributed by atoms with Crippen molar-refractivity contribution in [2.24, 2.45) is 0 Å². The van der Waals surface area contributed by atoms with Crippen LogP contribution in [0.5, 0.6) is 0 Å². The van der Waals surface area contributed by atoms with Crippen molar-refractivity contribution in [2.75, 3.05) is 19.6 Å². The normalized spacial score (nSPS) is 17.2. The number of piperidine rings is 1. The molecule has 1 heterocycles. The van der Waals surface area contributed by atoms with Gasteiger partial charge in [0.1, 0.15) is 0 Å². The number of carbonyl (C=O) groups excluding carboxylic acids is 1. The monoisotopic (exact) mass is 302 g/mol. The van der Waals surface area contributed by atoms with Gasteiger partial charge in [-0.3, -0.25) is 9.69 Å². The zero-order valence-electron chi connectivity index (χ0n) is 14.1. The van der Waals surface area contributed by atoms with Gasteiger partial charge < -0.3 is 5.32 Å². The maximum atomic E-state index is 11.9. The second kappa shape index (κ2) is 8.94. The predicted molar refractivity (Wildman–Crippen MR) is 92.0 cm³/mol. The molecular weight excluding hydrogens is 272 g/mol. The van der Waals surface area contributed by atoms with E-state index in [4.69, 9.17) is 0 Å². The van der Waals surface area contributed by atoms with Crippen molar-refractivity contribution >= 4 is 5.91 Å². The maximum absolute atomic E-state index is 11.9. The van der Waals surface area contributed by atoms with Crippen LogP contribution in [-0.4, -0.2) is 36.5 Å². The minimum absolute atomic E-state index is 0.191. The number of nitrogens with zero attached hydrogens (tertiary/aromatic N) is 1. The van der Waals surface area contributed by atoms with Crippen LogP contribution in [0.1, 0.15) is 50.2 Å². The van der Waals surface area contributed by atoms with Gasteiger partial charge in [0.15, 0.2) is 0 Å². The Balaban J connectivity index is 1.60. The molecule has 1 aromatic rings. The molecular formula is C19H30N2O. The van der Waals surface area contributed by atoms with Crippen molar-refractivity contribution in [3.63, 3.8) is 0 Å².